The Labute approximate surface area is 120 Å². The van der Waals surface area contributed by atoms with E-state index in [1.807, 2.05) is 0 Å². The van der Waals surface area contributed by atoms with Crippen LogP contribution in [0.2, 0.25) is 0 Å². The zero-order valence-corrected chi connectivity index (χ0v) is 12.3. The summed E-state index contributed by atoms with van der Waals surface area (Å²) in [4.78, 5) is 0.200. The minimum Gasteiger partial charge on any atom is -0.392 e. The van der Waals surface area contributed by atoms with Gasteiger partial charge in [-0.3, -0.25) is 0 Å². The third-order valence-corrected chi connectivity index (χ3v) is 6.38. The molecule has 2 saturated carbocycles. The van der Waals surface area contributed by atoms with Gasteiger partial charge in [-0.1, -0.05) is 24.6 Å². The summed E-state index contributed by atoms with van der Waals surface area (Å²) in [5, 5.41) is 9.26. The van der Waals surface area contributed by atoms with Gasteiger partial charge in [0.25, 0.3) is 0 Å². The van der Waals surface area contributed by atoms with E-state index in [2.05, 4.69) is 4.72 Å². The summed E-state index contributed by atoms with van der Waals surface area (Å²) in [6.07, 6.45) is 5.01. The molecule has 2 aliphatic carbocycles. The number of sulfonamides is 1. The first-order valence-electron chi connectivity index (χ1n) is 7.28. The molecule has 20 heavy (non-hydrogen) atoms. The van der Waals surface area contributed by atoms with Crippen LogP contribution in [0.25, 0.3) is 0 Å². The van der Waals surface area contributed by atoms with E-state index < -0.39 is 10.0 Å². The summed E-state index contributed by atoms with van der Waals surface area (Å²) in [5.74, 6) is 2.01. The number of aliphatic hydroxyl groups is 1. The fourth-order valence-electron chi connectivity index (χ4n) is 3.82. The summed E-state index contributed by atoms with van der Waals surface area (Å²) in [5.41, 5.74) is 0.452. The molecule has 110 valence electrons. The first kappa shape index (κ1) is 14.0. The van der Waals surface area contributed by atoms with Crippen LogP contribution >= 0.6 is 0 Å². The van der Waals surface area contributed by atoms with Crippen LogP contribution in [0.15, 0.2) is 29.2 Å². The minimum atomic E-state index is -3.52. The lowest BCUT2D eigenvalue weighted by Gasteiger charge is -2.22. The van der Waals surface area contributed by atoms with Crippen molar-refractivity contribution in [1.29, 1.82) is 0 Å². The van der Waals surface area contributed by atoms with Gasteiger partial charge in [0.1, 0.15) is 0 Å². The van der Waals surface area contributed by atoms with Crippen molar-refractivity contribution < 1.29 is 13.5 Å². The van der Waals surface area contributed by atoms with E-state index in [9.17, 15) is 13.5 Å². The minimum absolute atomic E-state index is 0.200. The van der Waals surface area contributed by atoms with Crippen LogP contribution in [0.1, 0.15) is 31.2 Å². The van der Waals surface area contributed by atoms with Crippen LogP contribution in [-0.4, -0.2) is 20.1 Å². The van der Waals surface area contributed by atoms with E-state index >= 15 is 0 Å². The third-order valence-electron chi connectivity index (χ3n) is 4.85. The van der Waals surface area contributed by atoms with E-state index in [1.54, 1.807) is 24.3 Å². The maximum Gasteiger partial charge on any atom is 0.240 e. The fraction of sp³-hybridized carbons (Fsp3) is 0.600. The molecule has 3 rings (SSSR count). The molecule has 2 aliphatic rings. The summed E-state index contributed by atoms with van der Waals surface area (Å²) in [6, 6.07) is 6.62. The average Bonchev–Trinajstić information content (AvgIpc) is 3.07. The van der Waals surface area contributed by atoms with Crippen molar-refractivity contribution in [2.45, 2.75) is 37.2 Å². The van der Waals surface area contributed by atoms with Crippen LogP contribution < -0.4 is 4.72 Å². The second kappa shape index (κ2) is 5.47. The Morgan fingerprint density at radius 3 is 2.65 bits per heavy atom. The lowest BCUT2D eigenvalue weighted by molar-refractivity contribution is 0.278. The largest absolute Gasteiger partial charge is 0.392 e. The molecule has 0 heterocycles. The van der Waals surface area contributed by atoms with Crippen molar-refractivity contribution >= 4 is 10.0 Å². The van der Waals surface area contributed by atoms with Crippen molar-refractivity contribution in [3.63, 3.8) is 0 Å². The monoisotopic (exact) mass is 295 g/mol. The molecule has 2 bridgehead atoms. The smallest absolute Gasteiger partial charge is 0.240 e. The summed E-state index contributed by atoms with van der Waals surface area (Å²) >= 11 is 0. The molecule has 5 heteroatoms. The Morgan fingerprint density at radius 1 is 1.20 bits per heavy atom. The summed E-state index contributed by atoms with van der Waals surface area (Å²) < 4.78 is 27.4. The van der Waals surface area contributed by atoms with Gasteiger partial charge in [0.2, 0.25) is 10.0 Å². The van der Waals surface area contributed by atoms with Gasteiger partial charge in [-0.15, -0.1) is 0 Å². The number of aliphatic hydroxyl groups excluding tert-OH is 1. The van der Waals surface area contributed by atoms with Gasteiger partial charge in [0.05, 0.1) is 11.5 Å². The van der Waals surface area contributed by atoms with E-state index in [0.29, 0.717) is 23.9 Å². The first-order chi connectivity index (χ1) is 9.60. The second-order valence-corrected chi connectivity index (χ2v) is 7.79. The molecule has 1 aromatic carbocycles. The molecule has 4 nitrogen and oxygen atoms in total. The number of hydrogen-bond donors (Lipinski definition) is 2. The molecule has 0 spiro atoms. The van der Waals surface area contributed by atoms with Gasteiger partial charge in [0.15, 0.2) is 0 Å². The van der Waals surface area contributed by atoms with E-state index in [0.717, 1.165) is 12.3 Å². The molecule has 2 N–H and O–H groups in total. The van der Waals surface area contributed by atoms with Crippen LogP contribution in [0.4, 0.5) is 0 Å². The Hall–Kier alpha value is -0.910. The molecule has 2 fully saturated rings. The first-order valence-corrected chi connectivity index (χ1v) is 8.77. The predicted molar refractivity (Wildman–Crippen MR) is 76.5 cm³/mol. The molecule has 0 aliphatic heterocycles. The van der Waals surface area contributed by atoms with Gasteiger partial charge in [-0.05, 0) is 48.6 Å². The molecule has 0 amide bonds. The number of rotatable bonds is 5. The lowest BCUT2D eigenvalue weighted by atomic mass is 9.89. The van der Waals surface area contributed by atoms with Gasteiger partial charge in [-0.2, -0.15) is 0 Å². The molecule has 1 aromatic rings. The van der Waals surface area contributed by atoms with Gasteiger partial charge >= 0.3 is 0 Å². The normalized spacial score (nSPS) is 28.9. The summed E-state index contributed by atoms with van der Waals surface area (Å²) in [7, 11) is -3.52. The SMILES string of the molecule is O=S(=O)(NCC1CC2CCC1C2)c1ccccc1CO. The zero-order chi connectivity index (χ0) is 14.2. The van der Waals surface area contributed by atoms with Crippen molar-refractivity contribution in [2.75, 3.05) is 6.54 Å². The van der Waals surface area contributed by atoms with Crippen LogP contribution in [0.5, 0.6) is 0 Å². The number of hydrogen-bond acceptors (Lipinski definition) is 3. The number of nitrogens with one attached hydrogen (secondary N) is 1. The molecule has 3 atom stereocenters. The van der Waals surface area contributed by atoms with Crippen LogP contribution in [0.3, 0.4) is 0 Å². The average molecular weight is 295 g/mol. The number of fused-ring (bicyclic) bond motifs is 2. The molecule has 3 unspecified atom stereocenters. The second-order valence-electron chi connectivity index (χ2n) is 6.05. The Morgan fingerprint density at radius 2 is 2.00 bits per heavy atom. The Kier molecular flexibility index (Phi) is 3.84. The highest BCUT2D eigenvalue weighted by Gasteiger charge is 2.39. The van der Waals surface area contributed by atoms with Crippen molar-refractivity contribution in [1.82, 2.24) is 4.72 Å². The van der Waals surface area contributed by atoms with Crippen molar-refractivity contribution in [3.05, 3.63) is 29.8 Å². The lowest BCUT2D eigenvalue weighted by Crippen LogP contribution is -2.32. The van der Waals surface area contributed by atoms with Gasteiger partial charge in [-0.25, -0.2) is 13.1 Å². The standard InChI is InChI=1S/C15H21NO3S/c17-10-13-3-1-2-4-15(13)20(18,19)16-9-14-8-11-5-6-12(14)7-11/h1-4,11-12,14,16-17H,5-10H2. The highest BCUT2D eigenvalue weighted by Crippen LogP contribution is 2.48. The van der Waals surface area contributed by atoms with Gasteiger partial charge in [0, 0.05) is 6.54 Å². The highest BCUT2D eigenvalue weighted by molar-refractivity contribution is 7.89. The quantitative estimate of drug-likeness (QED) is 0.872. The number of benzene rings is 1. The molecule has 0 aromatic heterocycles. The maximum absolute atomic E-state index is 12.4. The van der Waals surface area contributed by atoms with E-state index in [4.69, 9.17) is 0 Å². The van der Waals surface area contributed by atoms with E-state index in [1.165, 1.54) is 19.3 Å². The van der Waals surface area contributed by atoms with Crippen molar-refractivity contribution in [3.8, 4) is 0 Å². The fourth-order valence-corrected chi connectivity index (χ4v) is 5.14. The van der Waals surface area contributed by atoms with Crippen molar-refractivity contribution in [2.24, 2.45) is 17.8 Å². The molecular formula is C15H21NO3S. The zero-order valence-electron chi connectivity index (χ0n) is 11.5. The third kappa shape index (κ3) is 2.62. The maximum atomic E-state index is 12.4. The van der Waals surface area contributed by atoms with Gasteiger partial charge < -0.3 is 5.11 Å². The predicted octanol–water partition coefficient (Wildman–Crippen LogP) is 1.89. The van der Waals surface area contributed by atoms with Crippen LogP contribution in [0, 0.1) is 17.8 Å². The topological polar surface area (TPSA) is 66.4 Å². The Balaban J connectivity index is 1.69. The molecule has 0 radical (unpaired) electrons. The summed E-state index contributed by atoms with van der Waals surface area (Å²) in [6.45, 7) is 0.272. The molecular weight excluding hydrogens is 274 g/mol. The van der Waals surface area contributed by atoms with Crippen LogP contribution in [-0.2, 0) is 16.6 Å². The highest BCUT2D eigenvalue weighted by atomic mass is 32.2. The Bertz CT molecular complexity index is 585. The molecule has 0 saturated heterocycles. The van der Waals surface area contributed by atoms with E-state index in [-0.39, 0.29) is 11.5 Å².